The van der Waals surface area contributed by atoms with E-state index in [0.29, 0.717) is 0 Å². The minimum atomic E-state index is 0.285. The molecule has 0 unspecified atom stereocenters. The quantitative estimate of drug-likeness (QED) is 0.801. The molecule has 2 aliphatic rings. The van der Waals surface area contributed by atoms with Crippen LogP contribution in [0.25, 0.3) is 0 Å². The Morgan fingerprint density at radius 2 is 1.84 bits per heavy atom. The summed E-state index contributed by atoms with van der Waals surface area (Å²) in [7, 11) is 2.32. The highest BCUT2D eigenvalue weighted by molar-refractivity contribution is 4.96. The van der Waals surface area contributed by atoms with Gasteiger partial charge >= 0.3 is 0 Å². The van der Waals surface area contributed by atoms with Crippen LogP contribution < -0.4 is 5.73 Å². The second-order valence-electron chi connectivity index (χ2n) is 6.80. The molecule has 1 saturated heterocycles. The molecular formula is C16H33N3. The second-order valence-corrected chi connectivity index (χ2v) is 6.80. The molecule has 2 rings (SSSR count). The van der Waals surface area contributed by atoms with Gasteiger partial charge in [0.2, 0.25) is 0 Å². The summed E-state index contributed by atoms with van der Waals surface area (Å²) < 4.78 is 0. The maximum atomic E-state index is 6.17. The van der Waals surface area contributed by atoms with Crippen molar-refractivity contribution in [1.29, 1.82) is 0 Å². The van der Waals surface area contributed by atoms with E-state index in [1.54, 1.807) is 0 Å². The van der Waals surface area contributed by atoms with E-state index in [0.717, 1.165) is 12.5 Å². The first kappa shape index (κ1) is 15.3. The lowest BCUT2D eigenvalue weighted by Gasteiger charge is -2.47. The molecule has 3 nitrogen and oxygen atoms in total. The molecule has 0 atom stereocenters. The molecule has 1 saturated carbocycles. The van der Waals surface area contributed by atoms with Crippen molar-refractivity contribution >= 4 is 0 Å². The minimum absolute atomic E-state index is 0.285. The van der Waals surface area contributed by atoms with Gasteiger partial charge in [0.05, 0.1) is 0 Å². The molecule has 0 bridgehead atoms. The molecule has 0 radical (unpaired) electrons. The Morgan fingerprint density at radius 1 is 1.21 bits per heavy atom. The number of hydrogen-bond donors (Lipinski definition) is 1. The topological polar surface area (TPSA) is 32.5 Å². The van der Waals surface area contributed by atoms with E-state index in [1.165, 1.54) is 71.1 Å². The SMILES string of the molecule is CCCN1CCC(CN)(N(C)CC2CCCC2)CC1. The van der Waals surface area contributed by atoms with Gasteiger partial charge in [0.25, 0.3) is 0 Å². The van der Waals surface area contributed by atoms with Crippen LogP contribution >= 0.6 is 0 Å². The fourth-order valence-electron chi connectivity index (χ4n) is 4.02. The zero-order valence-electron chi connectivity index (χ0n) is 13.0. The molecule has 0 aromatic heterocycles. The van der Waals surface area contributed by atoms with E-state index in [9.17, 15) is 0 Å². The Hall–Kier alpha value is -0.120. The standard InChI is InChI=1S/C16H33N3/c1-3-10-19-11-8-16(14-17,9-12-19)18(2)13-15-6-4-5-7-15/h15H,3-14,17H2,1-2H3. The summed E-state index contributed by atoms with van der Waals surface area (Å²) in [6.07, 6.45) is 9.55. The van der Waals surface area contributed by atoms with Crippen LogP contribution in [0.4, 0.5) is 0 Å². The summed E-state index contributed by atoms with van der Waals surface area (Å²) in [5.41, 5.74) is 6.46. The van der Waals surface area contributed by atoms with Gasteiger partial charge in [-0.2, -0.15) is 0 Å². The van der Waals surface area contributed by atoms with Crippen LogP contribution in [0.3, 0.4) is 0 Å². The van der Waals surface area contributed by atoms with Crippen molar-refractivity contribution in [3.8, 4) is 0 Å². The maximum Gasteiger partial charge on any atom is 0.0353 e. The number of likely N-dealkylation sites (N-methyl/N-ethyl adjacent to an activating group) is 1. The minimum Gasteiger partial charge on any atom is -0.329 e. The predicted molar refractivity (Wildman–Crippen MR) is 82.3 cm³/mol. The van der Waals surface area contributed by atoms with Crippen molar-refractivity contribution in [3.63, 3.8) is 0 Å². The normalized spacial score (nSPS) is 25.3. The van der Waals surface area contributed by atoms with Gasteiger partial charge in [-0.3, -0.25) is 4.90 Å². The van der Waals surface area contributed by atoms with E-state index in [2.05, 4.69) is 23.8 Å². The highest BCUT2D eigenvalue weighted by atomic mass is 15.2. The molecule has 1 aliphatic carbocycles. The van der Waals surface area contributed by atoms with Gasteiger partial charge in [-0.25, -0.2) is 0 Å². The third kappa shape index (κ3) is 3.71. The number of nitrogens with zero attached hydrogens (tertiary/aromatic N) is 2. The van der Waals surface area contributed by atoms with Crippen LogP contribution in [0.1, 0.15) is 51.9 Å². The Balaban J connectivity index is 1.87. The van der Waals surface area contributed by atoms with Gasteiger partial charge < -0.3 is 10.6 Å². The third-order valence-electron chi connectivity index (χ3n) is 5.52. The maximum absolute atomic E-state index is 6.17. The van der Waals surface area contributed by atoms with Crippen molar-refractivity contribution in [2.75, 3.05) is 39.8 Å². The Labute approximate surface area is 119 Å². The van der Waals surface area contributed by atoms with Crippen molar-refractivity contribution in [1.82, 2.24) is 9.80 Å². The summed E-state index contributed by atoms with van der Waals surface area (Å²) in [5, 5.41) is 0. The largest absolute Gasteiger partial charge is 0.329 e. The van der Waals surface area contributed by atoms with Crippen LogP contribution in [-0.2, 0) is 0 Å². The summed E-state index contributed by atoms with van der Waals surface area (Å²) in [6, 6.07) is 0. The molecule has 0 spiro atoms. The molecule has 0 amide bonds. The molecule has 0 aromatic rings. The van der Waals surface area contributed by atoms with Gasteiger partial charge in [-0.1, -0.05) is 19.8 Å². The second kappa shape index (κ2) is 7.05. The van der Waals surface area contributed by atoms with Crippen molar-refractivity contribution in [2.45, 2.75) is 57.4 Å². The van der Waals surface area contributed by atoms with Gasteiger partial charge in [-0.05, 0) is 64.7 Å². The lowest BCUT2D eigenvalue weighted by atomic mass is 9.85. The van der Waals surface area contributed by atoms with Crippen LogP contribution in [0.5, 0.6) is 0 Å². The number of hydrogen-bond acceptors (Lipinski definition) is 3. The monoisotopic (exact) mass is 267 g/mol. The third-order valence-corrected chi connectivity index (χ3v) is 5.52. The average Bonchev–Trinajstić information content (AvgIpc) is 2.93. The van der Waals surface area contributed by atoms with E-state index in [-0.39, 0.29) is 5.54 Å². The van der Waals surface area contributed by atoms with Crippen molar-refractivity contribution < 1.29 is 0 Å². The van der Waals surface area contributed by atoms with Gasteiger partial charge in [0.15, 0.2) is 0 Å². The first-order chi connectivity index (χ1) is 9.20. The lowest BCUT2D eigenvalue weighted by Crippen LogP contribution is -2.58. The van der Waals surface area contributed by atoms with Crippen LogP contribution in [0, 0.1) is 5.92 Å². The fourth-order valence-corrected chi connectivity index (χ4v) is 4.02. The average molecular weight is 267 g/mol. The van der Waals surface area contributed by atoms with Crippen molar-refractivity contribution in [2.24, 2.45) is 11.7 Å². The lowest BCUT2D eigenvalue weighted by molar-refractivity contribution is 0.0356. The Morgan fingerprint density at radius 3 is 2.37 bits per heavy atom. The summed E-state index contributed by atoms with van der Waals surface area (Å²) in [5.74, 6) is 0.932. The van der Waals surface area contributed by atoms with Crippen LogP contribution in [0.2, 0.25) is 0 Å². The Bertz CT molecular complexity index is 253. The summed E-state index contributed by atoms with van der Waals surface area (Å²) in [4.78, 5) is 5.23. The van der Waals surface area contributed by atoms with E-state index >= 15 is 0 Å². The van der Waals surface area contributed by atoms with Gasteiger partial charge in [0.1, 0.15) is 0 Å². The zero-order chi connectivity index (χ0) is 13.7. The molecule has 0 aromatic carbocycles. The smallest absolute Gasteiger partial charge is 0.0353 e. The highest BCUT2D eigenvalue weighted by Crippen LogP contribution is 2.31. The molecule has 2 fully saturated rings. The van der Waals surface area contributed by atoms with Crippen molar-refractivity contribution in [3.05, 3.63) is 0 Å². The molecule has 1 heterocycles. The molecule has 1 aliphatic heterocycles. The molecule has 112 valence electrons. The molecule has 2 N–H and O–H groups in total. The number of nitrogens with two attached hydrogens (primary N) is 1. The zero-order valence-corrected chi connectivity index (χ0v) is 13.0. The highest BCUT2D eigenvalue weighted by Gasteiger charge is 2.37. The Kier molecular flexibility index (Phi) is 5.67. The van der Waals surface area contributed by atoms with Gasteiger partial charge in [0, 0.05) is 18.6 Å². The van der Waals surface area contributed by atoms with E-state index < -0.39 is 0 Å². The van der Waals surface area contributed by atoms with E-state index in [1.807, 2.05) is 0 Å². The number of piperidine rings is 1. The first-order valence-corrected chi connectivity index (χ1v) is 8.34. The molecule has 3 heteroatoms. The van der Waals surface area contributed by atoms with E-state index in [4.69, 9.17) is 5.73 Å². The molecular weight excluding hydrogens is 234 g/mol. The van der Waals surface area contributed by atoms with Gasteiger partial charge in [-0.15, -0.1) is 0 Å². The number of likely N-dealkylation sites (tertiary alicyclic amines) is 1. The predicted octanol–water partition coefficient (Wildman–Crippen LogP) is 2.31. The van der Waals surface area contributed by atoms with Crippen LogP contribution in [0.15, 0.2) is 0 Å². The first-order valence-electron chi connectivity index (χ1n) is 8.34. The van der Waals surface area contributed by atoms with Crippen LogP contribution in [-0.4, -0.2) is 55.1 Å². The number of rotatable bonds is 6. The molecule has 19 heavy (non-hydrogen) atoms. The fraction of sp³-hybridized carbons (Fsp3) is 1.00. The summed E-state index contributed by atoms with van der Waals surface area (Å²) in [6.45, 7) is 8.10. The summed E-state index contributed by atoms with van der Waals surface area (Å²) >= 11 is 0.